The van der Waals surface area contributed by atoms with Gasteiger partial charge in [0.25, 0.3) is 0 Å². The van der Waals surface area contributed by atoms with E-state index in [-0.39, 0.29) is 11.9 Å². The minimum atomic E-state index is 0.153. The van der Waals surface area contributed by atoms with Crippen LogP contribution in [-0.2, 0) is 4.79 Å². The maximum Gasteiger partial charge on any atom is 0.220 e. The van der Waals surface area contributed by atoms with Crippen LogP contribution in [0, 0.1) is 0 Å². The smallest absolute Gasteiger partial charge is 0.220 e. The van der Waals surface area contributed by atoms with Crippen LogP contribution in [0.15, 0.2) is 18.7 Å². The molecule has 1 heterocycles. The third-order valence-electron chi connectivity index (χ3n) is 3.59. The first-order valence-electron chi connectivity index (χ1n) is 6.78. The van der Waals surface area contributed by atoms with Gasteiger partial charge in [-0.3, -0.25) is 4.79 Å². The van der Waals surface area contributed by atoms with Crippen LogP contribution in [0.25, 0.3) is 0 Å². The first kappa shape index (κ1) is 13.1. The van der Waals surface area contributed by atoms with Gasteiger partial charge >= 0.3 is 0 Å². The zero-order valence-electron chi connectivity index (χ0n) is 10.7. The quantitative estimate of drug-likeness (QED) is 0.746. The van der Waals surface area contributed by atoms with Crippen LogP contribution in [0.4, 0.5) is 0 Å². The summed E-state index contributed by atoms with van der Waals surface area (Å²) in [7, 11) is 0. The summed E-state index contributed by atoms with van der Waals surface area (Å²) in [4.78, 5) is 15.9. The molecule has 100 valence electrons. The lowest BCUT2D eigenvalue weighted by molar-refractivity contribution is -0.122. The van der Waals surface area contributed by atoms with E-state index >= 15 is 0 Å². The molecule has 0 saturated heterocycles. The van der Waals surface area contributed by atoms with Crippen LogP contribution >= 0.6 is 0 Å². The average molecular weight is 250 g/mol. The summed E-state index contributed by atoms with van der Waals surface area (Å²) in [6, 6.07) is 0.621. The van der Waals surface area contributed by atoms with E-state index in [0.717, 1.165) is 32.1 Å². The molecule has 1 amide bonds. The Hall–Kier alpha value is -1.36. The molecule has 1 saturated carbocycles. The van der Waals surface area contributed by atoms with E-state index < -0.39 is 0 Å². The number of imidazole rings is 1. The standard InChI is InChI=1S/C13H22N4O/c14-7-2-1-6-13(18)16-11-4-3-5-12(11)17-9-8-15-10-17/h8-12H,1-7,14H2,(H,16,18). The topological polar surface area (TPSA) is 72.9 Å². The summed E-state index contributed by atoms with van der Waals surface area (Å²) >= 11 is 0. The Balaban J connectivity index is 1.83. The first-order valence-corrected chi connectivity index (χ1v) is 6.78. The maximum absolute atomic E-state index is 11.8. The summed E-state index contributed by atoms with van der Waals surface area (Å²) in [6.07, 6.45) is 11.3. The van der Waals surface area contributed by atoms with Gasteiger partial charge in [-0.2, -0.15) is 0 Å². The maximum atomic E-state index is 11.8. The molecule has 1 aliphatic carbocycles. The number of nitrogens with two attached hydrogens (primary N) is 1. The molecule has 5 heteroatoms. The van der Waals surface area contributed by atoms with Crippen LogP contribution < -0.4 is 11.1 Å². The molecule has 1 aromatic rings. The molecule has 0 aromatic carbocycles. The lowest BCUT2D eigenvalue weighted by Gasteiger charge is -2.22. The molecule has 2 atom stereocenters. The predicted octanol–water partition coefficient (Wildman–Crippen LogP) is 1.22. The monoisotopic (exact) mass is 250 g/mol. The highest BCUT2D eigenvalue weighted by Gasteiger charge is 2.29. The number of hydrogen-bond acceptors (Lipinski definition) is 3. The van der Waals surface area contributed by atoms with Crippen LogP contribution in [0.3, 0.4) is 0 Å². The minimum Gasteiger partial charge on any atom is -0.351 e. The Labute approximate surface area is 108 Å². The van der Waals surface area contributed by atoms with Gasteiger partial charge in [0.2, 0.25) is 5.91 Å². The van der Waals surface area contributed by atoms with Crippen molar-refractivity contribution in [2.75, 3.05) is 6.54 Å². The molecule has 1 aromatic heterocycles. The highest BCUT2D eigenvalue weighted by Crippen LogP contribution is 2.29. The van der Waals surface area contributed by atoms with Crippen molar-refractivity contribution >= 4 is 5.91 Å². The summed E-state index contributed by atoms with van der Waals surface area (Å²) < 4.78 is 2.11. The molecule has 1 fully saturated rings. The zero-order valence-corrected chi connectivity index (χ0v) is 10.7. The number of hydrogen-bond donors (Lipinski definition) is 2. The Morgan fingerprint density at radius 3 is 3.06 bits per heavy atom. The van der Waals surface area contributed by atoms with E-state index in [1.54, 1.807) is 6.20 Å². The summed E-state index contributed by atoms with van der Waals surface area (Å²) in [6.45, 7) is 0.661. The molecule has 0 aliphatic heterocycles. The Morgan fingerprint density at radius 2 is 2.33 bits per heavy atom. The van der Waals surface area contributed by atoms with Crippen molar-refractivity contribution in [2.45, 2.75) is 50.6 Å². The van der Waals surface area contributed by atoms with Gasteiger partial charge in [0.05, 0.1) is 12.4 Å². The van der Waals surface area contributed by atoms with Gasteiger partial charge in [0.1, 0.15) is 0 Å². The third-order valence-corrected chi connectivity index (χ3v) is 3.59. The van der Waals surface area contributed by atoms with Crippen LogP contribution in [-0.4, -0.2) is 28.0 Å². The molecular formula is C13H22N4O. The van der Waals surface area contributed by atoms with Crippen LogP contribution in [0.1, 0.15) is 44.6 Å². The molecule has 0 bridgehead atoms. The predicted molar refractivity (Wildman–Crippen MR) is 70.0 cm³/mol. The van der Waals surface area contributed by atoms with E-state index in [9.17, 15) is 4.79 Å². The molecule has 0 radical (unpaired) electrons. The number of carbonyl (C=O) groups is 1. The molecule has 3 N–H and O–H groups in total. The summed E-state index contributed by atoms with van der Waals surface area (Å²) in [5.74, 6) is 0.153. The Bertz CT molecular complexity index is 363. The third kappa shape index (κ3) is 3.32. The van der Waals surface area contributed by atoms with E-state index in [2.05, 4.69) is 14.9 Å². The fourth-order valence-corrected chi connectivity index (χ4v) is 2.64. The number of nitrogens with one attached hydrogen (secondary N) is 1. The van der Waals surface area contributed by atoms with Crippen molar-refractivity contribution in [1.82, 2.24) is 14.9 Å². The lowest BCUT2D eigenvalue weighted by atomic mass is 10.1. The molecule has 1 aliphatic rings. The Kier molecular flexibility index (Phi) is 4.75. The van der Waals surface area contributed by atoms with Gasteiger partial charge in [-0.1, -0.05) is 0 Å². The van der Waals surface area contributed by atoms with E-state index in [1.807, 2.05) is 12.5 Å². The Morgan fingerprint density at radius 1 is 1.44 bits per heavy atom. The second kappa shape index (κ2) is 6.54. The van der Waals surface area contributed by atoms with Crippen molar-refractivity contribution in [2.24, 2.45) is 5.73 Å². The van der Waals surface area contributed by atoms with Crippen LogP contribution in [0.2, 0.25) is 0 Å². The highest BCUT2D eigenvalue weighted by molar-refractivity contribution is 5.76. The van der Waals surface area contributed by atoms with Gasteiger partial charge in [-0.15, -0.1) is 0 Å². The fourth-order valence-electron chi connectivity index (χ4n) is 2.64. The SMILES string of the molecule is NCCCCC(=O)NC1CCCC1n1ccnc1. The lowest BCUT2D eigenvalue weighted by Crippen LogP contribution is -2.38. The van der Waals surface area contributed by atoms with Crippen molar-refractivity contribution in [3.8, 4) is 0 Å². The zero-order chi connectivity index (χ0) is 12.8. The second-order valence-electron chi connectivity index (χ2n) is 4.93. The van der Waals surface area contributed by atoms with Crippen molar-refractivity contribution < 1.29 is 4.79 Å². The summed E-state index contributed by atoms with van der Waals surface area (Å²) in [5, 5.41) is 3.15. The highest BCUT2D eigenvalue weighted by atomic mass is 16.1. The minimum absolute atomic E-state index is 0.153. The van der Waals surface area contributed by atoms with Gasteiger partial charge in [0, 0.05) is 24.9 Å². The number of carbonyl (C=O) groups excluding carboxylic acids is 1. The second-order valence-corrected chi connectivity index (χ2v) is 4.93. The van der Waals surface area contributed by atoms with Crippen molar-refractivity contribution in [3.63, 3.8) is 0 Å². The molecule has 2 unspecified atom stereocenters. The van der Waals surface area contributed by atoms with Crippen LogP contribution in [0.5, 0.6) is 0 Å². The van der Waals surface area contributed by atoms with Gasteiger partial charge in [-0.05, 0) is 38.6 Å². The fraction of sp³-hybridized carbons (Fsp3) is 0.692. The number of rotatable bonds is 6. The molecule has 2 rings (SSSR count). The molecular weight excluding hydrogens is 228 g/mol. The van der Waals surface area contributed by atoms with E-state index in [4.69, 9.17) is 5.73 Å². The van der Waals surface area contributed by atoms with Gasteiger partial charge < -0.3 is 15.6 Å². The number of unbranched alkanes of at least 4 members (excludes halogenated alkanes) is 1. The molecule has 18 heavy (non-hydrogen) atoms. The van der Waals surface area contributed by atoms with Gasteiger partial charge in [-0.25, -0.2) is 4.98 Å². The summed E-state index contributed by atoms with van der Waals surface area (Å²) in [5.41, 5.74) is 5.42. The first-order chi connectivity index (χ1) is 8.81. The van der Waals surface area contributed by atoms with Crippen molar-refractivity contribution in [1.29, 1.82) is 0 Å². The average Bonchev–Trinajstić information content (AvgIpc) is 2.99. The number of aromatic nitrogens is 2. The van der Waals surface area contributed by atoms with E-state index in [1.165, 1.54) is 0 Å². The normalized spacial score (nSPS) is 23.2. The number of amides is 1. The molecule has 0 spiro atoms. The molecule has 5 nitrogen and oxygen atoms in total. The van der Waals surface area contributed by atoms with Crippen molar-refractivity contribution in [3.05, 3.63) is 18.7 Å². The van der Waals surface area contributed by atoms with E-state index in [0.29, 0.717) is 19.0 Å². The largest absolute Gasteiger partial charge is 0.351 e. The number of nitrogens with zero attached hydrogens (tertiary/aromatic N) is 2. The van der Waals surface area contributed by atoms with Gasteiger partial charge in [0.15, 0.2) is 0 Å².